The normalized spacial score (nSPS) is 21.0. The summed E-state index contributed by atoms with van der Waals surface area (Å²) in [4.78, 5) is 14.8. The molecule has 1 aliphatic rings. The van der Waals surface area contributed by atoms with Crippen LogP contribution in [-0.4, -0.2) is 16.8 Å². The van der Waals surface area contributed by atoms with Crippen LogP contribution in [0, 0.1) is 11.7 Å². The summed E-state index contributed by atoms with van der Waals surface area (Å²) in [6.45, 7) is -0.00845. The summed E-state index contributed by atoms with van der Waals surface area (Å²) in [7, 11) is 0. The fourth-order valence-corrected chi connectivity index (χ4v) is 1.53. The Labute approximate surface area is 96.0 Å². The Bertz CT molecular complexity index is 436. The lowest BCUT2D eigenvalue weighted by atomic mass is 10.2. The van der Waals surface area contributed by atoms with Gasteiger partial charge < -0.3 is 5.32 Å². The van der Waals surface area contributed by atoms with Gasteiger partial charge in [-0.1, -0.05) is 0 Å². The van der Waals surface area contributed by atoms with Crippen molar-refractivity contribution in [3.05, 3.63) is 29.8 Å². The molecule has 1 fully saturated rings. The molecule has 1 atom stereocenters. The molecule has 1 heterocycles. The Morgan fingerprint density at radius 1 is 1.59 bits per heavy atom. The van der Waals surface area contributed by atoms with Crippen molar-refractivity contribution in [2.45, 2.75) is 25.3 Å². The van der Waals surface area contributed by atoms with Gasteiger partial charge in [-0.15, -0.1) is 0 Å². The minimum Gasteiger partial charge on any atom is -0.352 e. The minimum atomic E-state index is -2.70. The third kappa shape index (κ3) is 2.95. The number of pyridine rings is 1. The van der Waals surface area contributed by atoms with Gasteiger partial charge in [0.2, 0.25) is 5.91 Å². The highest BCUT2D eigenvalue weighted by molar-refractivity contribution is 5.76. The molecule has 1 aromatic heterocycles. The first kappa shape index (κ1) is 11.9. The van der Waals surface area contributed by atoms with E-state index in [9.17, 15) is 18.0 Å². The van der Waals surface area contributed by atoms with E-state index in [1.165, 1.54) is 12.3 Å². The van der Waals surface area contributed by atoms with E-state index in [1.807, 2.05) is 0 Å². The molecule has 1 aliphatic carbocycles. The molecule has 0 bridgehead atoms. The smallest absolute Gasteiger partial charge is 0.252 e. The van der Waals surface area contributed by atoms with E-state index in [0.717, 1.165) is 6.20 Å². The van der Waals surface area contributed by atoms with E-state index in [2.05, 4.69) is 10.3 Å². The number of carbonyl (C=O) groups excluding carboxylic acids is 1. The Hall–Kier alpha value is -1.59. The Balaban J connectivity index is 1.79. The van der Waals surface area contributed by atoms with Crippen LogP contribution < -0.4 is 5.32 Å². The second-order valence-corrected chi connectivity index (χ2v) is 4.11. The highest BCUT2D eigenvalue weighted by Gasteiger charge is 2.57. The molecule has 1 unspecified atom stereocenters. The van der Waals surface area contributed by atoms with Crippen LogP contribution in [-0.2, 0) is 11.3 Å². The van der Waals surface area contributed by atoms with Gasteiger partial charge in [-0.25, -0.2) is 13.2 Å². The number of amides is 1. The van der Waals surface area contributed by atoms with Gasteiger partial charge in [-0.3, -0.25) is 9.78 Å². The maximum atomic E-state index is 13.1. The number of nitrogens with one attached hydrogen (secondary N) is 1. The number of halogens is 3. The largest absolute Gasteiger partial charge is 0.352 e. The topological polar surface area (TPSA) is 42.0 Å². The number of nitrogens with zero attached hydrogens (tertiary/aromatic N) is 1. The first-order valence-electron chi connectivity index (χ1n) is 5.22. The average molecular weight is 244 g/mol. The highest BCUT2D eigenvalue weighted by atomic mass is 19.3. The van der Waals surface area contributed by atoms with Crippen molar-refractivity contribution in [3.63, 3.8) is 0 Å². The van der Waals surface area contributed by atoms with E-state index < -0.39 is 23.6 Å². The van der Waals surface area contributed by atoms with E-state index in [4.69, 9.17) is 0 Å². The van der Waals surface area contributed by atoms with Crippen molar-refractivity contribution in [2.75, 3.05) is 0 Å². The first-order valence-corrected chi connectivity index (χ1v) is 5.22. The molecule has 1 aromatic rings. The molecular weight excluding hydrogens is 233 g/mol. The zero-order valence-corrected chi connectivity index (χ0v) is 8.92. The summed E-state index contributed by atoms with van der Waals surface area (Å²) < 4.78 is 38.2. The zero-order chi connectivity index (χ0) is 12.5. The molecule has 1 N–H and O–H groups in total. The molecule has 17 heavy (non-hydrogen) atoms. The van der Waals surface area contributed by atoms with Gasteiger partial charge in [0.25, 0.3) is 5.92 Å². The molecule has 3 nitrogen and oxygen atoms in total. The number of rotatable bonds is 4. The predicted molar refractivity (Wildman–Crippen MR) is 53.7 cm³/mol. The summed E-state index contributed by atoms with van der Waals surface area (Å²) in [6, 6.07) is 1.43. The molecule has 0 aliphatic heterocycles. The van der Waals surface area contributed by atoms with Gasteiger partial charge in [0.15, 0.2) is 0 Å². The van der Waals surface area contributed by atoms with E-state index in [-0.39, 0.29) is 24.9 Å². The molecule has 92 valence electrons. The molecule has 1 amide bonds. The van der Waals surface area contributed by atoms with Gasteiger partial charge in [0.05, 0.1) is 6.20 Å². The number of alkyl halides is 2. The van der Waals surface area contributed by atoms with Crippen molar-refractivity contribution < 1.29 is 18.0 Å². The quantitative estimate of drug-likeness (QED) is 0.878. The molecule has 2 rings (SSSR count). The SMILES string of the molecule is O=C(CC1CC1(F)F)NCc1ccncc1F. The summed E-state index contributed by atoms with van der Waals surface area (Å²) in [5.74, 6) is -4.56. The Kier molecular flexibility index (Phi) is 3.04. The van der Waals surface area contributed by atoms with Crippen molar-refractivity contribution in [1.82, 2.24) is 10.3 Å². The molecular formula is C11H11F3N2O. The summed E-state index contributed by atoms with van der Waals surface area (Å²) >= 11 is 0. The molecule has 0 saturated heterocycles. The third-order valence-electron chi connectivity index (χ3n) is 2.72. The number of carbonyl (C=O) groups is 1. The van der Waals surface area contributed by atoms with E-state index >= 15 is 0 Å². The second kappa shape index (κ2) is 4.35. The number of aromatic nitrogens is 1. The lowest BCUT2D eigenvalue weighted by molar-refractivity contribution is -0.122. The maximum Gasteiger partial charge on any atom is 0.252 e. The van der Waals surface area contributed by atoms with Gasteiger partial charge >= 0.3 is 0 Å². The van der Waals surface area contributed by atoms with Crippen LogP contribution in [0.25, 0.3) is 0 Å². The number of hydrogen-bond donors (Lipinski definition) is 1. The predicted octanol–water partition coefficient (Wildman–Crippen LogP) is 1.88. The first-order chi connectivity index (χ1) is 7.99. The molecule has 0 aromatic carbocycles. The third-order valence-corrected chi connectivity index (χ3v) is 2.72. The minimum absolute atomic E-state index is 0.00845. The second-order valence-electron chi connectivity index (χ2n) is 4.11. The Morgan fingerprint density at radius 3 is 2.88 bits per heavy atom. The Morgan fingerprint density at radius 2 is 2.29 bits per heavy atom. The zero-order valence-electron chi connectivity index (χ0n) is 8.92. The van der Waals surface area contributed by atoms with Crippen molar-refractivity contribution >= 4 is 5.91 Å². The van der Waals surface area contributed by atoms with Crippen molar-refractivity contribution in [2.24, 2.45) is 5.92 Å². The van der Waals surface area contributed by atoms with Crippen molar-refractivity contribution in [3.8, 4) is 0 Å². The monoisotopic (exact) mass is 244 g/mol. The standard InChI is InChI=1S/C11H11F3N2O/c12-9-6-15-2-1-7(9)5-16-10(17)3-8-4-11(8,13)14/h1-2,6,8H,3-5H2,(H,16,17). The van der Waals surface area contributed by atoms with Crippen LogP contribution >= 0.6 is 0 Å². The fourth-order valence-electron chi connectivity index (χ4n) is 1.53. The van der Waals surface area contributed by atoms with Crippen LogP contribution in [0.15, 0.2) is 18.5 Å². The van der Waals surface area contributed by atoms with Crippen molar-refractivity contribution in [1.29, 1.82) is 0 Å². The molecule has 0 spiro atoms. The van der Waals surface area contributed by atoms with Gasteiger partial charge in [0, 0.05) is 37.1 Å². The van der Waals surface area contributed by atoms with Crippen LogP contribution in [0.1, 0.15) is 18.4 Å². The highest BCUT2D eigenvalue weighted by Crippen LogP contribution is 2.50. The van der Waals surface area contributed by atoms with Gasteiger partial charge in [-0.05, 0) is 6.07 Å². The average Bonchev–Trinajstić information content (AvgIpc) is 2.85. The van der Waals surface area contributed by atoms with Gasteiger partial charge in [0.1, 0.15) is 5.82 Å². The molecule has 1 saturated carbocycles. The number of hydrogen-bond acceptors (Lipinski definition) is 2. The summed E-state index contributed by atoms with van der Waals surface area (Å²) in [6.07, 6.45) is 2.00. The van der Waals surface area contributed by atoms with Gasteiger partial charge in [-0.2, -0.15) is 0 Å². The van der Waals surface area contributed by atoms with Crippen LogP contribution in [0.5, 0.6) is 0 Å². The lowest BCUT2D eigenvalue weighted by Gasteiger charge is -2.05. The van der Waals surface area contributed by atoms with Crippen LogP contribution in [0.3, 0.4) is 0 Å². The molecule has 0 radical (unpaired) electrons. The lowest BCUT2D eigenvalue weighted by Crippen LogP contribution is -2.24. The van der Waals surface area contributed by atoms with E-state index in [1.54, 1.807) is 0 Å². The maximum absolute atomic E-state index is 13.1. The van der Waals surface area contributed by atoms with Crippen LogP contribution in [0.4, 0.5) is 13.2 Å². The fraction of sp³-hybridized carbons (Fsp3) is 0.455. The summed E-state index contributed by atoms with van der Waals surface area (Å²) in [5.41, 5.74) is 0.288. The van der Waals surface area contributed by atoms with E-state index in [0.29, 0.717) is 0 Å². The van der Waals surface area contributed by atoms with Crippen LogP contribution in [0.2, 0.25) is 0 Å². The molecule has 6 heteroatoms. The summed E-state index contributed by atoms with van der Waals surface area (Å²) in [5, 5.41) is 2.41.